The molecule has 0 heterocycles. The van der Waals surface area contributed by atoms with Gasteiger partial charge in [0.15, 0.2) is 8.32 Å². The summed E-state index contributed by atoms with van der Waals surface area (Å²) in [5, 5.41) is 0. The Morgan fingerprint density at radius 3 is 2.45 bits per heavy atom. The van der Waals surface area contributed by atoms with E-state index in [4.69, 9.17) is 4.43 Å². The zero-order chi connectivity index (χ0) is 14.6. The number of aldehydes is 1. The van der Waals surface area contributed by atoms with Crippen LogP contribution in [-0.2, 0) is 9.22 Å². The first-order valence-electron chi connectivity index (χ1n) is 7.36. The maximum Gasteiger partial charge on any atom is 0.185 e. The summed E-state index contributed by atoms with van der Waals surface area (Å²) in [6.07, 6.45) is 6.15. The molecular formula is C17H24O2Si. The van der Waals surface area contributed by atoms with Crippen molar-refractivity contribution < 1.29 is 9.22 Å². The van der Waals surface area contributed by atoms with Crippen molar-refractivity contribution in [3.8, 4) is 0 Å². The van der Waals surface area contributed by atoms with E-state index in [-0.39, 0.29) is 12.0 Å². The molecule has 0 unspecified atom stereocenters. The molecule has 0 spiro atoms. The van der Waals surface area contributed by atoms with Crippen molar-refractivity contribution in [3.63, 3.8) is 0 Å². The van der Waals surface area contributed by atoms with Crippen LogP contribution in [0.3, 0.4) is 0 Å². The fourth-order valence-corrected chi connectivity index (χ4v) is 3.57. The second kappa shape index (κ2) is 6.51. The summed E-state index contributed by atoms with van der Waals surface area (Å²) in [5.41, 5.74) is 2.57. The van der Waals surface area contributed by atoms with Gasteiger partial charge in [-0.1, -0.05) is 36.4 Å². The van der Waals surface area contributed by atoms with E-state index in [0.29, 0.717) is 0 Å². The Bertz CT molecular complexity index is 474. The molecule has 1 aliphatic rings. The van der Waals surface area contributed by atoms with Gasteiger partial charge < -0.3 is 9.22 Å². The van der Waals surface area contributed by atoms with Gasteiger partial charge >= 0.3 is 0 Å². The lowest BCUT2D eigenvalue weighted by atomic mass is 9.86. The molecular weight excluding hydrogens is 264 g/mol. The summed E-state index contributed by atoms with van der Waals surface area (Å²) in [5.74, 6) is 0.196. The van der Waals surface area contributed by atoms with Gasteiger partial charge in [-0.2, -0.15) is 0 Å². The highest BCUT2D eigenvalue weighted by Crippen LogP contribution is 2.36. The fraction of sp³-hybridized carbons (Fsp3) is 0.471. The summed E-state index contributed by atoms with van der Waals surface area (Å²) in [4.78, 5) is 10.9. The first-order chi connectivity index (χ1) is 9.49. The van der Waals surface area contributed by atoms with Crippen LogP contribution in [0.2, 0.25) is 19.6 Å². The van der Waals surface area contributed by atoms with Crippen molar-refractivity contribution in [1.82, 2.24) is 0 Å². The Balaban J connectivity index is 2.24. The van der Waals surface area contributed by atoms with E-state index >= 15 is 0 Å². The van der Waals surface area contributed by atoms with Crippen molar-refractivity contribution in [2.45, 2.75) is 45.0 Å². The zero-order valence-corrected chi connectivity index (χ0v) is 13.6. The van der Waals surface area contributed by atoms with Crippen LogP contribution in [0.4, 0.5) is 0 Å². The van der Waals surface area contributed by atoms with Crippen LogP contribution in [0.5, 0.6) is 0 Å². The normalized spacial score (nSPS) is 21.1. The highest BCUT2D eigenvalue weighted by Gasteiger charge is 2.27. The average molecular weight is 288 g/mol. The second-order valence-corrected chi connectivity index (χ2v) is 10.9. The molecule has 3 heteroatoms. The van der Waals surface area contributed by atoms with E-state index in [1.807, 2.05) is 6.07 Å². The minimum absolute atomic E-state index is 0.0652. The third-order valence-electron chi connectivity index (χ3n) is 3.59. The highest BCUT2D eigenvalue weighted by molar-refractivity contribution is 6.69. The van der Waals surface area contributed by atoms with Gasteiger partial charge in [0, 0.05) is 5.92 Å². The Morgan fingerprint density at radius 2 is 1.95 bits per heavy atom. The molecule has 0 aliphatic heterocycles. The molecule has 0 bridgehead atoms. The standard InChI is InChI=1S/C17H24O2Si/c1-20(2,3)19-17(15-7-5-4-6-8-15)16-11-9-14(13-18)10-12-16/h4-8,11,13-14,17H,9-10,12H2,1-3H3/t14-,17+/m0/s1. The number of hydrogen-bond acceptors (Lipinski definition) is 2. The molecule has 0 saturated carbocycles. The molecule has 1 aromatic rings. The maximum atomic E-state index is 10.9. The fourth-order valence-electron chi connectivity index (χ4n) is 2.58. The van der Waals surface area contributed by atoms with E-state index in [1.165, 1.54) is 11.1 Å². The van der Waals surface area contributed by atoms with Gasteiger partial charge in [-0.15, -0.1) is 0 Å². The molecule has 0 amide bonds. The van der Waals surface area contributed by atoms with Gasteiger partial charge in [-0.3, -0.25) is 0 Å². The lowest BCUT2D eigenvalue weighted by Crippen LogP contribution is -2.29. The van der Waals surface area contributed by atoms with Gasteiger partial charge in [0.1, 0.15) is 6.29 Å². The molecule has 1 aliphatic carbocycles. The number of rotatable bonds is 5. The molecule has 0 fully saturated rings. The predicted octanol–water partition coefficient (Wildman–Crippen LogP) is 4.50. The number of carbonyl (C=O) groups excluding carboxylic acids is 1. The average Bonchev–Trinajstić information content (AvgIpc) is 2.45. The topological polar surface area (TPSA) is 26.3 Å². The Morgan fingerprint density at radius 1 is 1.25 bits per heavy atom. The summed E-state index contributed by atoms with van der Waals surface area (Å²) in [6, 6.07) is 10.4. The van der Waals surface area contributed by atoms with Crippen LogP contribution in [0.1, 0.15) is 30.9 Å². The summed E-state index contributed by atoms with van der Waals surface area (Å²) < 4.78 is 6.41. The summed E-state index contributed by atoms with van der Waals surface area (Å²) in [7, 11) is -1.62. The molecule has 108 valence electrons. The SMILES string of the molecule is C[Si](C)(C)O[C@@H](C1=CC[C@H](C=O)CC1)c1ccccc1. The lowest BCUT2D eigenvalue weighted by Gasteiger charge is -2.31. The van der Waals surface area contributed by atoms with Gasteiger partial charge in [-0.25, -0.2) is 0 Å². The lowest BCUT2D eigenvalue weighted by molar-refractivity contribution is -0.111. The van der Waals surface area contributed by atoms with E-state index in [9.17, 15) is 4.79 Å². The molecule has 2 nitrogen and oxygen atoms in total. The molecule has 2 rings (SSSR count). The number of carbonyl (C=O) groups is 1. The number of benzene rings is 1. The van der Waals surface area contributed by atoms with Crippen molar-refractivity contribution in [1.29, 1.82) is 0 Å². The molecule has 1 aromatic carbocycles. The maximum absolute atomic E-state index is 10.9. The monoisotopic (exact) mass is 288 g/mol. The third kappa shape index (κ3) is 4.15. The quantitative estimate of drug-likeness (QED) is 0.453. The molecule has 0 radical (unpaired) electrons. The Hall–Kier alpha value is -1.19. The molecule has 2 atom stereocenters. The van der Waals surface area contributed by atoms with Crippen LogP contribution in [-0.4, -0.2) is 14.6 Å². The molecule has 0 aromatic heterocycles. The molecule has 0 saturated heterocycles. The van der Waals surface area contributed by atoms with Gasteiger partial charge in [-0.05, 0) is 50.0 Å². The first-order valence-corrected chi connectivity index (χ1v) is 10.8. The van der Waals surface area contributed by atoms with E-state index in [0.717, 1.165) is 25.5 Å². The molecule has 20 heavy (non-hydrogen) atoms. The van der Waals surface area contributed by atoms with Crippen LogP contribution in [0.25, 0.3) is 0 Å². The van der Waals surface area contributed by atoms with Crippen LogP contribution in [0.15, 0.2) is 42.0 Å². The van der Waals surface area contributed by atoms with Crippen molar-refractivity contribution in [3.05, 3.63) is 47.5 Å². The minimum Gasteiger partial charge on any atom is -0.407 e. The van der Waals surface area contributed by atoms with Crippen LogP contribution < -0.4 is 0 Å². The zero-order valence-electron chi connectivity index (χ0n) is 12.6. The van der Waals surface area contributed by atoms with Gasteiger partial charge in [0.25, 0.3) is 0 Å². The van der Waals surface area contributed by atoms with Gasteiger partial charge in [0.2, 0.25) is 0 Å². The van der Waals surface area contributed by atoms with Crippen molar-refractivity contribution in [2.24, 2.45) is 5.92 Å². The van der Waals surface area contributed by atoms with Crippen LogP contribution in [0, 0.1) is 5.92 Å². The van der Waals surface area contributed by atoms with Crippen LogP contribution >= 0.6 is 0 Å². The Labute approximate surface area is 123 Å². The summed E-state index contributed by atoms with van der Waals surface area (Å²) in [6.45, 7) is 6.67. The van der Waals surface area contributed by atoms with Gasteiger partial charge in [0.05, 0.1) is 6.10 Å². The molecule has 0 N–H and O–H groups in total. The van der Waals surface area contributed by atoms with E-state index in [2.05, 4.69) is 50.0 Å². The van der Waals surface area contributed by atoms with Crippen molar-refractivity contribution in [2.75, 3.05) is 0 Å². The van der Waals surface area contributed by atoms with E-state index < -0.39 is 8.32 Å². The second-order valence-electron chi connectivity index (χ2n) is 6.47. The summed E-state index contributed by atoms with van der Waals surface area (Å²) >= 11 is 0. The largest absolute Gasteiger partial charge is 0.407 e. The highest BCUT2D eigenvalue weighted by atomic mass is 28.4. The number of allylic oxidation sites excluding steroid dienone is 1. The predicted molar refractivity (Wildman–Crippen MR) is 85.1 cm³/mol. The number of hydrogen-bond donors (Lipinski definition) is 0. The third-order valence-corrected chi connectivity index (χ3v) is 4.53. The van der Waals surface area contributed by atoms with E-state index in [1.54, 1.807) is 0 Å². The minimum atomic E-state index is -1.62. The van der Waals surface area contributed by atoms with Crippen molar-refractivity contribution >= 4 is 14.6 Å². The first kappa shape index (κ1) is 15.2. The smallest absolute Gasteiger partial charge is 0.185 e. The Kier molecular flexibility index (Phi) is 4.94.